The van der Waals surface area contributed by atoms with E-state index in [0.717, 1.165) is 27.4 Å². The van der Waals surface area contributed by atoms with Crippen LogP contribution in [0.15, 0.2) is 22.0 Å². The van der Waals surface area contributed by atoms with E-state index in [1.165, 1.54) is 11.5 Å². The van der Waals surface area contributed by atoms with E-state index in [-0.39, 0.29) is 0 Å². The van der Waals surface area contributed by atoms with E-state index in [2.05, 4.69) is 30.8 Å². The van der Waals surface area contributed by atoms with Crippen molar-refractivity contribution in [3.8, 4) is 11.5 Å². The number of halogens is 1. The summed E-state index contributed by atoms with van der Waals surface area (Å²) in [7, 11) is 0. The third kappa shape index (κ3) is 2.41. The van der Waals surface area contributed by atoms with E-state index in [1.54, 1.807) is 0 Å². The summed E-state index contributed by atoms with van der Waals surface area (Å²) >= 11 is 4.85. The summed E-state index contributed by atoms with van der Waals surface area (Å²) in [5, 5.41) is 9.19. The first-order chi connectivity index (χ1) is 8.83. The topological polar surface area (TPSA) is 56.3 Å². The molecule has 0 radical (unpaired) electrons. The minimum Gasteiger partial charge on any atom is -0.486 e. The van der Waals surface area contributed by atoms with Crippen molar-refractivity contribution >= 4 is 33.1 Å². The second-order valence-electron chi connectivity index (χ2n) is 3.73. The SMILES string of the molecule is Brc1cc2c(cc1NCc1csnn1)OCCO2. The summed E-state index contributed by atoms with van der Waals surface area (Å²) in [6.45, 7) is 1.82. The Morgan fingerprint density at radius 3 is 2.78 bits per heavy atom. The van der Waals surface area contributed by atoms with Gasteiger partial charge in [0, 0.05) is 22.0 Å². The van der Waals surface area contributed by atoms with E-state index in [4.69, 9.17) is 9.47 Å². The van der Waals surface area contributed by atoms with Gasteiger partial charge in [0.05, 0.1) is 17.9 Å². The molecule has 1 aliphatic rings. The van der Waals surface area contributed by atoms with Crippen LogP contribution in [0, 0.1) is 0 Å². The maximum Gasteiger partial charge on any atom is 0.163 e. The van der Waals surface area contributed by atoms with Gasteiger partial charge < -0.3 is 14.8 Å². The zero-order chi connectivity index (χ0) is 12.4. The van der Waals surface area contributed by atoms with Gasteiger partial charge in [-0.2, -0.15) is 0 Å². The molecular weight excluding hydrogens is 318 g/mol. The fraction of sp³-hybridized carbons (Fsp3) is 0.273. The first kappa shape index (κ1) is 11.7. The van der Waals surface area contributed by atoms with Crippen molar-refractivity contribution in [2.24, 2.45) is 0 Å². The standard InChI is InChI=1S/C11H10BrN3O2S/c12-8-3-10-11(17-2-1-16-10)4-9(8)13-5-7-6-18-15-14-7/h3-4,6,13H,1-2,5H2. The van der Waals surface area contributed by atoms with Gasteiger partial charge in [0.2, 0.25) is 0 Å². The van der Waals surface area contributed by atoms with Crippen LogP contribution < -0.4 is 14.8 Å². The highest BCUT2D eigenvalue weighted by molar-refractivity contribution is 9.10. The number of benzene rings is 1. The fourth-order valence-corrected chi connectivity index (χ4v) is 2.56. The molecule has 0 unspecified atom stereocenters. The van der Waals surface area contributed by atoms with Gasteiger partial charge in [0.15, 0.2) is 11.5 Å². The monoisotopic (exact) mass is 327 g/mol. The first-order valence-corrected chi connectivity index (χ1v) is 7.05. The molecule has 0 fully saturated rings. The molecule has 3 rings (SSSR count). The lowest BCUT2D eigenvalue weighted by Gasteiger charge is -2.20. The molecule has 2 heterocycles. The second-order valence-corrected chi connectivity index (χ2v) is 5.19. The van der Waals surface area contributed by atoms with E-state index in [9.17, 15) is 0 Å². The maximum absolute atomic E-state index is 5.54. The van der Waals surface area contributed by atoms with Crippen LogP contribution in [0.2, 0.25) is 0 Å². The summed E-state index contributed by atoms with van der Waals surface area (Å²) in [6, 6.07) is 3.84. The number of hydrogen-bond acceptors (Lipinski definition) is 6. The summed E-state index contributed by atoms with van der Waals surface area (Å²) in [4.78, 5) is 0. The molecule has 7 heteroatoms. The zero-order valence-electron chi connectivity index (χ0n) is 9.35. The largest absolute Gasteiger partial charge is 0.486 e. The molecule has 1 aliphatic heterocycles. The van der Waals surface area contributed by atoms with Crippen LogP contribution in [-0.4, -0.2) is 22.8 Å². The molecule has 1 aromatic heterocycles. The van der Waals surface area contributed by atoms with Crippen molar-refractivity contribution in [1.29, 1.82) is 0 Å². The third-order valence-corrected chi connectivity index (χ3v) is 3.71. The highest BCUT2D eigenvalue weighted by Gasteiger charge is 2.14. The molecule has 0 saturated heterocycles. The number of ether oxygens (including phenoxy) is 2. The van der Waals surface area contributed by atoms with Crippen LogP contribution in [0.1, 0.15) is 5.69 Å². The first-order valence-electron chi connectivity index (χ1n) is 5.42. The average molecular weight is 328 g/mol. The number of nitrogens with one attached hydrogen (secondary N) is 1. The Morgan fingerprint density at radius 1 is 1.28 bits per heavy atom. The Morgan fingerprint density at radius 2 is 2.06 bits per heavy atom. The normalized spacial score (nSPS) is 13.4. The van der Waals surface area contributed by atoms with E-state index in [0.29, 0.717) is 19.8 Å². The highest BCUT2D eigenvalue weighted by Crippen LogP contribution is 2.38. The average Bonchev–Trinajstić information content (AvgIpc) is 2.89. The predicted octanol–water partition coefficient (Wildman–Crippen LogP) is 2.68. The summed E-state index contributed by atoms with van der Waals surface area (Å²) < 4.78 is 15.8. The molecule has 18 heavy (non-hydrogen) atoms. The zero-order valence-corrected chi connectivity index (χ0v) is 11.8. The number of nitrogens with zero attached hydrogens (tertiary/aromatic N) is 2. The minimum absolute atomic E-state index is 0.587. The third-order valence-electron chi connectivity index (χ3n) is 2.50. The summed E-state index contributed by atoms with van der Waals surface area (Å²) in [6.07, 6.45) is 0. The molecule has 5 nitrogen and oxygen atoms in total. The molecule has 1 N–H and O–H groups in total. The number of rotatable bonds is 3. The summed E-state index contributed by atoms with van der Waals surface area (Å²) in [5.41, 5.74) is 1.87. The van der Waals surface area contributed by atoms with Crippen LogP contribution in [0.25, 0.3) is 0 Å². The number of aromatic nitrogens is 2. The van der Waals surface area contributed by atoms with Gasteiger partial charge in [-0.25, -0.2) is 0 Å². The van der Waals surface area contributed by atoms with Gasteiger partial charge in [-0.15, -0.1) is 5.10 Å². The van der Waals surface area contributed by atoms with Gasteiger partial charge in [-0.3, -0.25) is 0 Å². The second kappa shape index (κ2) is 5.11. The van der Waals surface area contributed by atoms with Gasteiger partial charge in [-0.1, -0.05) is 4.49 Å². The molecule has 0 atom stereocenters. The molecule has 1 aromatic carbocycles. The smallest absolute Gasteiger partial charge is 0.163 e. The quantitative estimate of drug-likeness (QED) is 0.939. The van der Waals surface area contributed by atoms with Crippen LogP contribution in [0.3, 0.4) is 0 Å². The van der Waals surface area contributed by atoms with Crippen LogP contribution in [-0.2, 0) is 6.54 Å². The van der Waals surface area contributed by atoms with Crippen molar-refractivity contribution in [2.45, 2.75) is 6.54 Å². The lowest BCUT2D eigenvalue weighted by molar-refractivity contribution is 0.171. The summed E-state index contributed by atoms with van der Waals surface area (Å²) in [5.74, 6) is 1.54. The Hall–Kier alpha value is -1.34. The van der Waals surface area contributed by atoms with Crippen molar-refractivity contribution in [3.05, 3.63) is 27.7 Å². The Kier molecular flexibility index (Phi) is 3.33. The maximum atomic E-state index is 5.54. The molecule has 2 aromatic rings. The molecular formula is C11H10BrN3O2S. The molecule has 0 aliphatic carbocycles. The van der Waals surface area contributed by atoms with E-state index < -0.39 is 0 Å². The van der Waals surface area contributed by atoms with Crippen molar-refractivity contribution < 1.29 is 9.47 Å². The predicted molar refractivity (Wildman–Crippen MR) is 72.4 cm³/mol. The Labute approximate surface area is 116 Å². The number of anilines is 1. The van der Waals surface area contributed by atoms with Crippen molar-refractivity contribution in [2.75, 3.05) is 18.5 Å². The number of fused-ring (bicyclic) bond motifs is 1. The Balaban J connectivity index is 1.79. The van der Waals surface area contributed by atoms with Gasteiger partial charge in [0.1, 0.15) is 13.2 Å². The van der Waals surface area contributed by atoms with Gasteiger partial charge >= 0.3 is 0 Å². The van der Waals surface area contributed by atoms with Crippen LogP contribution in [0.4, 0.5) is 5.69 Å². The van der Waals surface area contributed by atoms with Gasteiger partial charge in [-0.05, 0) is 27.5 Å². The van der Waals surface area contributed by atoms with Crippen LogP contribution in [0.5, 0.6) is 11.5 Å². The lowest BCUT2D eigenvalue weighted by atomic mass is 10.2. The lowest BCUT2D eigenvalue weighted by Crippen LogP contribution is -2.15. The molecule has 94 valence electrons. The molecule has 0 bridgehead atoms. The molecule has 0 spiro atoms. The van der Waals surface area contributed by atoms with Crippen LogP contribution >= 0.6 is 27.5 Å². The highest BCUT2D eigenvalue weighted by atomic mass is 79.9. The molecule has 0 saturated carbocycles. The minimum atomic E-state index is 0.587. The molecule has 0 amide bonds. The number of hydrogen-bond donors (Lipinski definition) is 1. The van der Waals surface area contributed by atoms with Crippen molar-refractivity contribution in [1.82, 2.24) is 9.59 Å². The fourth-order valence-electron chi connectivity index (χ4n) is 1.65. The Bertz CT molecular complexity index is 547. The van der Waals surface area contributed by atoms with E-state index in [1.807, 2.05) is 17.5 Å². The van der Waals surface area contributed by atoms with Gasteiger partial charge in [0.25, 0.3) is 0 Å². The van der Waals surface area contributed by atoms with E-state index >= 15 is 0 Å². The van der Waals surface area contributed by atoms with Crippen molar-refractivity contribution in [3.63, 3.8) is 0 Å².